The largest absolute Gasteiger partial charge is 0.444 e. The monoisotopic (exact) mass is 311 g/mol. The van der Waals surface area contributed by atoms with Crippen molar-refractivity contribution in [3.05, 3.63) is 0 Å². The molecule has 1 aliphatic rings. The highest BCUT2D eigenvalue weighted by atomic mass is 16.6. The van der Waals surface area contributed by atoms with Crippen LogP contribution in [0, 0.1) is 11.3 Å². The highest BCUT2D eigenvalue weighted by molar-refractivity contribution is 5.99. The lowest BCUT2D eigenvalue weighted by Crippen LogP contribution is -2.56. The van der Waals surface area contributed by atoms with Gasteiger partial charge in [0.1, 0.15) is 17.2 Å². The van der Waals surface area contributed by atoms with Crippen LogP contribution in [-0.2, 0) is 14.3 Å². The predicted molar refractivity (Wildman–Crippen MR) is 84.6 cm³/mol. The van der Waals surface area contributed by atoms with Crippen molar-refractivity contribution < 1.29 is 19.1 Å². The number of carbonyl (C=O) groups excluding carboxylic acids is 3. The predicted octanol–water partition coefficient (Wildman–Crippen LogP) is 3.21. The highest BCUT2D eigenvalue weighted by Crippen LogP contribution is 2.41. The first-order chi connectivity index (χ1) is 9.85. The SMILES string of the molecule is CC(=O)CC(=O)C1C(C)N(C(=O)OC(C)(C)C)CCC1(C)C. The Kier molecular flexibility index (Phi) is 5.42. The van der Waals surface area contributed by atoms with Gasteiger partial charge in [-0.25, -0.2) is 4.79 Å². The Balaban J connectivity index is 2.97. The lowest BCUT2D eigenvalue weighted by Gasteiger charge is -2.47. The standard InChI is InChI=1S/C17H29NO4/c1-11(19)10-13(20)14-12(2)18(9-8-17(14,6)7)15(21)22-16(3,4)5/h12,14H,8-10H2,1-7H3. The summed E-state index contributed by atoms with van der Waals surface area (Å²) in [7, 11) is 0. The molecule has 0 spiro atoms. The van der Waals surface area contributed by atoms with E-state index < -0.39 is 11.7 Å². The van der Waals surface area contributed by atoms with Crippen molar-refractivity contribution in [1.82, 2.24) is 4.90 Å². The van der Waals surface area contributed by atoms with E-state index >= 15 is 0 Å². The molecular formula is C17H29NO4. The maximum absolute atomic E-state index is 12.5. The molecule has 0 bridgehead atoms. The quantitative estimate of drug-likeness (QED) is 0.751. The van der Waals surface area contributed by atoms with Crippen molar-refractivity contribution in [3.8, 4) is 0 Å². The number of hydrogen-bond donors (Lipinski definition) is 0. The normalized spacial score (nSPS) is 24.8. The molecule has 0 aromatic heterocycles. The van der Waals surface area contributed by atoms with Gasteiger partial charge in [-0.05, 0) is 46.5 Å². The number of Topliss-reactive ketones (excluding diaryl/α,β-unsaturated/α-hetero) is 2. The summed E-state index contributed by atoms with van der Waals surface area (Å²) in [6, 6.07) is -0.273. The maximum atomic E-state index is 12.5. The van der Waals surface area contributed by atoms with Crippen molar-refractivity contribution in [1.29, 1.82) is 0 Å². The summed E-state index contributed by atoms with van der Waals surface area (Å²) in [5, 5.41) is 0. The molecule has 0 radical (unpaired) electrons. The van der Waals surface area contributed by atoms with Gasteiger partial charge in [0.05, 0.1) is 6.42 Å². The Morgan fingerprint density at radius 1 is 1.23 bits per heavy atom. The topological polar surface area (TPSA) is 63.7 Å². The van der Waals surface area contributed by atoms with Gasteiger partial charge in [0.15, 0.2) is 0 Å². The number of nitrogens with zero attached hydrogens (tertiary/aromatic N) is 1. The third-order valence-corrected chi connectivity index (χ3v) is 4.21. The Bertz CT molecular complexity index is 462. The number of piperidine rings is 1. The molecule has 22 heavy (non-hydrogen) atoms. The van der Waals surface area contributed by atoms with Gasteiger partial charge in [-0.1, -0.05) is 13.8 Å². The van der Waals surface area contributed by atoms with Gasteiger partial charge in [-0.2, -0.15) is 0 Å². The molecule has 5 nitrogen and oxygen atoms in total. The first kappa shape index (κ1) is 18.7. The van der Waals surface area contributed by atoms with Gasteiger partial charge in [-0.3, -0.25) is 9.59 Å². The number of rotatable bonds is 3. The van der Waals surface area contributed by atoms with Crippen LogP contribution in [0.4, 0.5) is 4.79 Å². The average molecular weight is 311 g/mol. The summed E-state index contributed by atoms with van der Waals surface area (Å²) in [5.74, 6) is -0.571. The zero-order valence-electron chi connectivity index (χ0n) is 14.9. The average Bonchev–Trinajstić information content (AvgIpc) is 2.23. The van der Waals surface area contributed by atoms with Crippen molar-refractivity contribution in [3.63, 3.8) is 0 Å². The van der Waals surface area contributed by atoms with E-state index in [9.17, 15) is 14.4 Å². The molecule has 1 saturated heterocycles. The maximum Gasteiger partial charge on any atom is 0.410 e. The van der Waals surface area contributed by atoms with E-state index in [1.807, 2.05) is 41.5 Å². The van der Waals surface area contributed by atoms with Gasteiger partial charge < -0.3 is 9.64 Å². The third-order valence-electron chi connectivity index (χ3n) is 4.21. The minimum atomic E-state index is -0.567. The van der Waals surface area contributed by atoms with E-state index in [-0.39, 0.29) is 35.4 Å². The lowest BCUT2D eigenvalue weighted by atomic mass is 9.67. The number of amides is 1. The molecule has 1 aliphatic heterocycles. The lowest BCUT2D eigenvalue weighted by molar-refractivity contribution is -0.135. The summed E-state index contributed by atoms with van der Waals surface area (Å²) < 4.78 is 5.43. The number of ether oxygens (including phenoxy) is 1. The summed E-state index contributed by atoms with van der Waals surface area (Å²) in [6.45, 7) is 13.4. The molecule has 2 atom stereocenters. The van der Waals surface area contributed by atoms with Gasteiger partial charge in [0.25, 0.3) is 0 Å². The number of likely N-dealkylation sites (tertiary alicyclic amines) is 1. The molecule has 0 N–H and O–H groups in total. The van der Waals surface area contributed by atoms with Crippen molar-refractivity contribution >= 4 is 17.7 Å². The van der Waals surface area contributed by atoms with E-state index in [2.05, 4.69) is 0 Å². The fraction of sp³-hybridized carbons (Fsp3) is 0.824. The zero-order valence-corrected chi connectivity index (χ0v) is 14.9. The summed E-state index contributed by atoms with van der Waals surface area (Å²) >= 11 is 0. The molecule has 1 fully saturated rings. The van der Waals surface area contributed by atoms with E-state index in [1.165, 1.54) is 6.92 Å². The van der Waals surface area contributed by atoms with E-state index in [4.69, 9.17) is 4.74 Å². The first-order valence-corrected chi connectivity index (χ1v) is 7.87. The van der Waals surface area contributed by atoms with Gasteiger partial charge in [0, 0.05) is 18.5 Å². The van der Waals surface area contributed by atoms with Crippen LogP contribution in [-0.4, -0.2) is 40.7 Å². The molecule has 1 amide bonds. The van der Waals surface area contributed by atoms with Crippen LogP contribution in [0.25, 0.3) is 0 Å². The van der Waals surface area contributed by atoms with Gasteiger partial charge in [0.2, 0.25) is 0 Å². The minimum Gasteiger partial charge on any atom is -0.444 e. The van der Waals surface area contributed by atoms with Crippen molar-refractivity contribution in [2.24, 2.45) is 11.3 Å². The Labute approximate surface area is 133 Å². The molecule has 0 saturated carbocycles. The molecule has 2 unspecified atom stereocenters. The Hall–Kier alpha value is -1.39. The Morgan fingerprint density at radius 3 is 2.23 bits per heavy atom. The molecule has 1 rings (SSSR count). The summed E-state index contributed by atoms with van der Waals surface area (Å²) in [5.41, 5.74) is -0.798. The second-order valence-corrected chi connectivity index (χ2v) is 7.98. The van der Waals surface area contributed by atoms with Crippen LogP contribution in [0.3, 0.4) is 0 Å². The molecule has 0 aromatic carbocycles. The summed E-state index contributed by atoms with van der Waals surface area (Å²) in [6.07, 6.45) is 0.252. The number of hydrogen-bond acceptors (Lipinski definition) is 4. The molecule has 126 valence electrons. The van der Waals surface area contributed by atoms with Crippen LogP contribution in [0.5, 0.6) is 0 Å². The molecule has 5 heteroatoms. The highest BCUT2D eigenvalue weighted by Gasteiger charge is 2.46. The fourth-order valence-corrected chi connectivity index (χ4v) is 3.24. The second kappa shape index (κ2) is 6.39. The van der Waals surface area contributed by atoms with Crippen molar-refractivity contribution in [2.75, 3.05) is 6.54 Å². The molecule has 0 aromatic rings. The van der Waals surface area contributed by atoms with Crippen LogP contribution in [0.2, 0.25) is 0 Å². The molecule has 1 heterocycles. The zero-order chi connectivity index (χ0) is 17.3. The fourth-order valence-electron chi connectivity index (χ4n) is 3.24. The smallest absolute Gasteiger partial charge is 0.410 e. The minimum absolute atomic E-state index is 0.0689. The van der Waals surface area contributed by atoms with Crippen LogP contribution < -0.4 is 0 Å². The third kappa shape index (κ3) is 4.55. The first-order valence-electron chi connectivity index (χ1n) is 7.87. The van der Waals surface area contributed by atoms with Crippen LogP contribution in [0.15, 0.2) is 0 Å². The van der Waals surface area contributed by atoms with Crippen molar-refractivity contribution in [2.45, 2.75) is 73.0 Å². The van der Waals surface area contributed by atoms with E-state index in [0.29, 0.717) is 13.0 Å². The molecule has 0 aliphatic carbocycles. The second-order valence-electron chi connectivity index (χ2n) is 7.98. The van der Waals surface area contributed by atoms with Crippen LogP contribution >= 0.6 is 0 Å². The van der Waals surface area contributed by atoms with Crippen LogP contribution in [0.1, 0.15) is 61.3 Å². The number of carbonyl (C=O) groups is 3. The molecular weight excluding hydrogens is 282 g/mol. The van der Waals surface area contributed by atoms with Gasteiger partial charge in [-0.15, -0.1) is 0 Å². The summed E-state index contributed by atoms with van der Waals surface area (Å²) in [4.78, 5) is 37.8. The van der Waals surface area contributed by atoms with Gasteiger partial charge >= 0.3 is 6.09 Å². The van der Waals surface area contributed by atoms with E-state index in [0.717, 1.165) is 0 Å². The Morgan fingerprint density at radius 2 is 1.77 bits per heavy atom. The van der Waals surface area contributed by atoms with E-state index in [1.54, 1.807) is 4.90 Å². The number of ketones is 2.